The zero-order chi connectivity index (χ0) is 35.9. The fraction of sp³-hybridized carbons (Fsp3) is 0.333. The van der Waals surface area contributed by atoms with Gasteiger partial charge >= 0.3 is 5.97 Å². The Hall–Kier alpha value is -5.24. The van der Waals surface area contributed by atoms with E-state index in [4.69, 9.17) is 9.47 Å². The number of aromatic hydroxyl groups is 1. The smallest absolute Gasteiger partial charge is 0.302 e. The van der Waals surface area contributed by atoms with Crippen molar-refractivity contribution in [2.45, 2.75) is 70.1 Å². The first kappa shape index (κ1) is 32.3. The number of hydrogen-bond acceptors (Lipinski definition) is 13. The van der Waals surface area contributed by atoms with Gasteiger partial charge in [-0.05, 0) is 57.5 Å². The standard InChI is InChI=1S/C36H30O13/c1-12-10-20(39)25-26(22(12)13(2)37)29(43)18-8-6-16(27(41)23(18)30(25)44)17-7-9-19-24(28(17)42)33(46)35-21(40)11-34(5,47)31(14(3)48-15(4)38)36(35,49-35)32(19)45/h6-10,14,31,33,37,42,45-47H,11H2,1-5H3/b17-16+,22-13-/t14-,31+,33-,34+,35-,36+/m0/s1. The van der Waals surface area contributed by atoms with Crippen molar-refractivity contribution in [1.29, 1.82) is 0 Å². The van der Waals surface area contributed by atoms with E-state index in [0.29, 0.717) is 0 Å². The first-order valence-electron chi connectivity index (χ1n) is 15.4. The van der Waals surface area contributed by atoms with Crippen molar-refractivity contribution in [2.24, 2.45) is 5.92 Å². The normalized spacial score (nSPS) is 29.2. The van der Waals surface area contributed by atoms with Crippen LogP contribution in [0.4, 0.5) is 0 Å². The second kappa shape index (κ2) is 9.91. The number of benzene rings is 1. The van der Waals surface area contributed by atoms with Crippen molar-refractivity contribution in [3.05, 3.63) is 124 Å². The van der Waals surface area contributed by atoms with Gasteiger partial charge in [0.1, 0.15) is 23.7 Å². The minimum Gasteiger partial charge on any atom is -0.512 e. The molecule has 0 spiro atoms. The van der Waals surface area contributed by atoms with Crippen molar-refractivity contribution in [3.63, 3.8) is 0 Å². The summed E-state index contributed by atoms with van der Waals surface area (Å²) in [5, 5.41) is 54.2. The number of carbonyl (C=O) groups excluding carboxylic acids is 2. The maximum absolute atomic E-state index is 14.0. The van der Waals surface area contributed by atoms with E-state index in [2.05, 4.69) is 0 Å². The lowest BCUT2D eigenvalue weighted by atomic mass is 9.58. The highest BCUT2D eigenvalue weighted by Gasteiger charge is 2.89. The third-order valence-corrected chi connectivity index (χ3v) is 10.4. The molecule has 1 aliphatic heterocycles. The molecule has 0 bridgehead atoms. The van der Waals surface area contributed by atoms with Gasteiger partial charge in [0.25, 0.3) is 0 Å². The van der Waals surface area contributed by atoms with Crippen molar-refractivity contribution >= 4 is 23.3 Å². The molecule has 6 aliphatic rings. The molecule has 7 rings (SSSR count). The van der Waals surface area contributed by atoms with Crippen LogP contribution in [0, 0.1) is 44.2 Å². The van der Waals surface area contributed by atoms with Gasteiger partial charge in [-0.3, -0.25) is 28.8 Å². The molecule has 1 heterocycles. The maximum Gasteiger partial charge on any atom is 0.302 e. The Morgan fingerprint density at radius 1 is 0.898 bits per heavy atom. The molecular formula is C36H30O13. The number of phenols is 1. The van der Waals surface area contributed by atoms with Crippen LogP contribution in [0.3, 0.4) is 0 Å². The number of hydrogen-bond donors (Lipinski definition) is 5. The van der Waals surface area contributed by atoms with E-state index in [1.54, 1.807) is 0 Å². The SMILES string of the molecule is CC(=O)O[C@@H](C)[C@@H]1[C@](C)(O)CC(=O)[C@@]23O[C@@]12C(O)=c1cc/c(=c2/ccc4c(=O)c5/c(=C(/C)O)c(C)cc(=O)c=5c(=O)c=4c2=O)c(O)c1[C@@H]3O. The Bertz CT molecular complexity index is 2810. The number of aliphatic hydroxyl groups excluding tert-OH is 3. The Morgan fingerprint density at radius 2 is 1.49 bits per heavy atom. The Balaban J connectivity index is 1.59. The summed E-state index contributed by atoms with van der Waals surface area (Å²) in [6.45, 7) is 6.71. The molecule has 252 valence electrons. The summed E-state index contributed by atoms with van der Waals surface area (Å²) in [7, 11) is 0. The van der Waals surface area contributed by atoms with Gasteiger partial charge in [0.2, 0.25) is 5.43 Å². The molecule has 0 radical (unpaired) electrons. The van der Waals surface area contributed by atoms with Crippen molar-refractivity contribution < 1.29 is 44.6 Å². The van der Waals surface area contributed by atoms with Gasteiger partial charge in [-0.25, -0.2) is 0 Å². The van der Waals surface area contributed by atoms with Crippen LogP contribution in [-0.2, 0) is 19.1 Å². The quantitative estimate of drug-likeness (QED) is 0.127. The summed E-state index contributed by atoms with van der Waals surface area (Å²) >= 11 is 0. The number of fused-ring (bicyclic) bond motifs is 1. The average Bonchev–Trinajstić information content (AvgIpc) is 3.70. The molecule has 0 unspecified atom stereocenters. The monoisotopic (exact) mass is 670 g/mol. The predicted molar refractivity (Wildman–Crippen MR) is 168 cm³/mol. The van der Waals surface area contributed by atoms with Crippen molar-refractivity contribution in [2.75, 3.05) is 0 Å². The van der Waals surface area contributed by atoms with E-state index in [-0.39, 0.29) is 48.2 Å². The molecule has 5 aliphatic carbocycles. The summed E-state index contributed by atoms with van der Waals surface area (Å²) in [6, 6.07) is 5.90. The molecule has 13 nitrogen and oxygen atoms in total. The molecule has 1 saturated carbocycles. The highest BCUT2D eigenvalue weighted by Crippen LogP contribution is 2.70. The van der Waals surface area contributed by atoms with Crippen molar-refractivity contribution in [3.8, 4) is 5.75 Å². The average molecular weight is 671 g/mol. The lowest BCUT2D eigenvalue weighted by molar-refractivity contribution is -0.162. The van der Waals surface area contributed by atoms with Gasteiger partial charge in [-0.2, -0.15) is 0 Å². The number of ether oxygens (including phenoxy) is 2. The number of aryl methyl sites for hydroxylation is 1. The number of ketones is 1. The summed E-state index contributed by atoms with van der Waals surface area (Å²) < 4.78 is 11.3. The summed E-state index contributed by atoms with van der Waals surface area (Å²) in [5.41, 5.74) is -9.90. The first-order valence-corrected chi connectivity index (χ1v) is 15.4. The third kappa shape index (κ3) is 3.80. The van der Waals surface area contributed by atoms with Crippen LogP contribution in [0.25, 0.3) is 11.5 Å². The number of esters is 1. The van der Waals surface area contributed by atoms with E-state index in [0.717, 1.165) is 13.0 Å². The lowest BCUT2D eigenvalue weighted by Crippen LogP contribution is -2.64. The summed E-state index contributed by atoms with van der Waals surface area (Å²) in [4.78, 5) is 79.8. The number of phenolic OH excluding ortho intramolecular Hbond substituents is 1. The van der Waals surface area contributed by atoms with Gasteiger partial charge in [-0.15, -0.1) is 0 Å². The molecule has 1 aromatic rings. The molecule has 6 atom stereocenters. The zero-order valence-electron chi connectivity index (χ0n) is 26.8. The highest BCUT2D eigenvalue weighted by molar-refractivity contribution is 5.99. The largest absolute Gasteiger partial charge is 0.512 e. The summed E-state index contributed by atoms with van der Waals surface area (Å²) in [5.74, 6) is -4.41. The molecular weight excluding hydrogens is 640 g/mol. The topological polar surface area (TPSA) is 225 Å². The number of rotatable bonds is 2. The predicted octanol–water partition coefficient (Wildman–Crippen LogP) is -1.05. The van der Waals surface area contributed by atoms with Crippen LogP contribution < -0.4 is 32.2 Å². The second-order valence-electron chi connectivity index (χ2n) is 13.4. The van der Waals surface area contributed by atoms with E-state index in [9.17, 15) is 54.3 Å². The Kier molecular flexibility index (Phi) is 6.53. The molecule has 1 saturated heterocycles. The van der Waals surface area contributed by atoms with Gasteiger partial charge in [0.15, 0.2) is 33.3 Å². The van der Waals surface area contributed by atoms with E-state index in [1.165, 1.54) is 52.0 Å². The minimum atomic E-state index is -2.19. The fourth-order valence-electron chi connectivity index (χ4n) is 8.63. The fourth-order valence-corrected chi connectivity index (χ4v) is 8.63. The Labute approximate surface area is 273 Å². The second-order valence-corrected chi connectivity index (χ2v) is 13.4. The third-order valence-electron chi connectivity index (χ3n) is 10.4. The number of epoxide rings is 1. The Morgan fingerprint density at radius 3 is 2.12 bits per heavy atom. The molecule has 5 N–H and O–H groups in total. The van der Waals surface area contributed by atoms with E-state index >= 15 is 0 Å². The molecule has 0 aromatic heterocycles. The first-order chi connectivity index (χ1) is 22.8. The molecule has 13 heteroatoms. The molecule has 0 amide bonds. The van der Waals surface area contributed by atoms with Gasteiger partial charge in [-0.1, -0.05) is 6.07 Å². The summed E-state index contributed by atoms with van der Waals surface area (Å²) in [6.07, 6.45) is -3.61. The van der Waals surface area contributed by atoms with Gasteiger partial charge < -0.3 is 35.0 Å². The van der Waals surface area contributed by atoms with Gasteiger partial charge in [0.05, 0.1) is 27.7 Å². The van der Waals surface area contributed by atoms with E-state index < -0.39 is 96.8 Å². The van der Waals surface area contributed by atoms with Gasteiger partial charge in [0, 0.05) is 50.2 Å². The van der Waals surface area contributed by atoms with Crippen LogP contribution >= 0.6 is 0 Å². The lowest BCUT2D eigenvalue weighted by Gasteiger charge is -2.46. The van der Waals surface area contributed by atoms with Crippen molar-refractivity contribution in [1.82, 2.24) is 0 Å². The molecule has 1 aromatic carbocycles. The number of Topliss-reactive ketones (excluding diaryl/α,β-unsaturated/α-hetero) is 1. The van der Waals surface area contributed by atoms with Crippen LogP contribution in [-0.4, -0.2) is 60.2 Å². The van der Waals surface area contributed by atoms with E-state index in [1.807, 2.05) is 0 Å². The van der Waals surface area contributed by atoms with Crippen LogP contribution in [0.5, 0.6) is 5.75 Å². The molecule has 2 fully saturated rings. The molecule has 49 heavy (non-hydrogen) atoms. The number of carbonyl (C=O) groups is 2. The highest BCUT2D eigenvalue weighted by atomic mass is 16.7. The zero-order valence-corrected chi connectivity index (χ0v) is 26.8. The maximum atomic E-state index is 14.0. The van der Waals surface area contributed by atoms with Crippen LogP contribution in [0.2, 0.25) is 0 Å². The number of aliphatic hydroxyl groups is 4. The van der Waals surface area contributed by atoms with Crippen LogP contribution in [0.15, 0.2) is 49.5 Å². The van der Waals surface area contributed by atoms with Crippen LogP contribution in [0.1, 0.15) is 51.3 Å². The minimum absolute atomic E-state index is 0.00788.